The molecule has 3 rings (SSSR count). The third kappa shape index (κ3) is 3.71. The lowest BCUT2D eigenvalue weighted by atomic mass is 10.1. The summed E-state index contributed by atoms with van der Waals surface area (Å²) in [7, 11) is 0. The molecule has 3 nitrogen and oxygen atoms in total. The van der Waals surface area contributed by atoms with Gasteiger partial charge < -0.3 is 10.1 Å². The quantitative estimate of drug-likeness (QED) is 0.735. The van der Waals surface area contributed by atoms with Crippen molar-refractivity contribution < 1.29 is 9.53 Å². The lowest BCUT2D eigenvalue weighted by Gasteiger charge is -2.06. The molecule has 23 heavy (non-hydrogen) atoms. The van der Waals surface area contributed by atoms with E-state index in [1.165, 1.54) is 15.6 Å². The lowest BCUT2D eigenvalue weighted by molar-refractivity contribution is 0.0954. The average Bonchev–Trinajstić information content (AvgIpc) is 2.99. The zero-order valence-electron chi connectivity index (χ0n) is 13.0. The summed E-state index contributed by atoms with van der Waals surface area (Å²) in [5, 5.41) is 6.44. The van der Waals surface area contributed by atoms with Crippen LogP contribution in [0.4, 0.5) is 0 Å². The van der Waals surface area contributed by atoms with E-state index >= 15 is 0 Å². The second-order valence-electron chi connectivity index (χ2n) is 5.22. The Morgan fingerprint density at radius 3 is 2.70 bits per heavy atom. The molecule has 0 fully saturated rings. The molecule has 0 aliphatic carbocycles. The van der Waals surface area contributed by atoms with Crippen molar-refractivity contribution in [2.45, 2.75) is 13.3 Å². The van der Waals surface area contributed by atoms with Gasteiger partial charge in [0.15, 0.2) is 0 Å². The Bertz CT molecular complexity index is 792. The molecule has 118 valence electrons. The van der Waals surface area contributed by atoms with Crippen molar-refractivity contribution in [3.05, 3.63) is 65.0 Å². The zero-order valence-corrected chi connectivity index (χ0v) is 13.9. The average molecular weight is 325 g/mol. The first kappa shape index (κ1) is 15.6. The minimum Gasteiger partial charge on any atom is -0.494 e. The maximum Gasteiger partial charge on any atom is 0.251 e. The van der Waals surface area contributed by atoms with Gasteiger partial charge in [0.1, 0.15) is 5.75 Å². The van der Waals surface area contributed by atoms with Crippen molar-refractivity contribution in [3.8, 4) is 5.75 Å². The summed E-state index contributed by atoms with van der Waals surface area (Å²) in [4.78, 5) is 12.2. The van der Waals surface area contributed by atoms with Gasteiger partial charge in [-0.05, 0) is 60.0 Å². The molecule has 1 amide bonds. The standard InChI is InChI=1S/C19H19NO2S/c1-2-22-16-9-7-14(8-10-16)19(21)20-12-11-15-13-23-18-6-4-3-5-17(15)18/h3-10,13H,2,11-12H2,1H3,(H,20,21). The van der Waals surface area contributed by atoms with Gasteiger partial charge >= 0.3 is 0 Å². The van der Waals surface area contributed by atoms with Crippen LogP contribution in [0.1, 0.15) is 22.8 Å². The van der Waals surface area contributed by atoms with Crippen molar-refractivity contribution in [2.75, 3.05) is 13.2 Å². The number of carbonyl (C=O) groups excluding carboxylic acids is 1. The van der Waals surface area contributed by atoms with Crippen LogP contribution >= 0.6 is 11.3 Å². The number of hydrogen-bond acceptors (Lipinski definition) is 3. The maximum atomic E-state index is 12.2. The normalized spacial score (nSPS) is 10.7. The number of thiophene rings is 1. The van der Waals surface area contributed by atoms with Gasteiger partial charge in [-0.2, -0.15) is 0 Å². The van der Waals surface area contributed by atoms with Gasteiger partial charge in [-0.15, -0.1) is 11.3 Å². The van der Waals surface area contributed by atoms with Crippen LogP contribution in [0.2, 0.25) is 0 Å². The van der Waals surface area contributed by atoms with Gasteiger partial charge in [0.2, 0.25) is 0 Å². The Morgan fingerprint density at radius 2 is 1.91 bits per heavy atom. The first-order valence-electron chi connectivity index (χ1n) is 7.74. The highest BCUT2D eigenvalue weighted by molar-refractivity contribution is 7.17. The number of amides is 1. The SMILES string of the molecule is CCOc1ccc(C(=O)NCCc2csc3ccccc23)cc1. The first-order chi connectivity index (χ1) is 11.3. The summed E-state index contributed by atoms with van der Waals surface area (Å²) in [6.07, 6.45) is 0.840. The number of carbonyl (C=O) groups is 1. The van der Waals surface area contributed by atoms with E-state index in [4.69, 9.17) is 4.74 Å². The van der Waals surface area contributed by atoms with Gasteiger partial charge in [-0.25, -0.2) is 0 Å². The number of rotatable bonds is 6. The monoisotopic (exact) mass is 325 g/mol. The molecule has 0 aliphatic rings. The highest BCUT2D eigenvalue weighted by Gasteiger charge is 2.07. The molecule has 3 aromatic rings. The third-order valence-corrected chi connectivity index (χ3v) is 4.68. The van der Waals surface area contributed by atoms with Crippen molar-refractivity contribution in [1.29, 1.82) is 0 Å². The van der Waals surface area contributed by atoms with E-state index < -0.39 is 0 Å². The molecule has 0 saturated heterocycles. The molecule has 1 heterocycles. The molecular formula is C19H19NO2S. The van der Waals surface area contributed by atoms with Crippen molar-refractivity contribution >= 4 is 27.3 Å². The fourth-order valence-electron chi connectivity index (χ4n) is 2.51. The fourth-order valence-corrected chi connectivity index (χ4v) is 3.51. The summed E-state index contributed by atoms with van der Waals surface area (Å²) in [6.45, 7) is 3.20. The molecule has 0 spiro atoms. The zero-order chi connectivity index (χ0) is 16.1. The van der Waals surface area contributed by atoms with Crippen molar-refractivity contribution in [1.82, 2.24) is 5.32 Å². The van der Waals surface area contributed by atoms with E-state index in [1.807, 2.05) is 19.1 Å². The van der Waals surface area contributed by atoms with Crippen LogP contribution in [-0.4, -0.2) is 19.1 Å². The van der Waals surface area contributed by atoms with Gasteiger partial charge in [0.05, 0.1) is 6.61 Å². The maximum absolute atomic E-state index is 12.2. The van der Waals surface area contributed by atoms with Gasteiger partial charge in [-0.3, -0.25) is 4.79 Å². The van der Waals surface area contributed by atoms with Crippen LogP contribution in [-0.2, 0) is 6.42 Å². The second-order valence-corrected chi connectivity index (χ2v) is 6.13. The Balaban J connectivity index is 1.56. The van der Waals surface area contributed by atoms with E-state index in [2.05, 4.69) is 35.0 Å². The third-order valence-electron chi connectivity index (χ3n) is 3.67. The number of hydrogen-bond donors (Lipinski definition) is 1. The van der Waals surface area contributed by atoms with Crippen LogP contribution in [0.5, 0.6) is 5.75 Å². The summed E-state index contributed by atoms with van der Waals surface area (Å²) in [6, 6.07) is 15.6. The number of ether oxygens (including phenoxy) is 1. The largest absolute Gasteiger partial charge is 0.494 e. The fraction of sp³-hybridized carbons (Fsp3) is 0.211. The van der Waals surface area contributed by atoms with E-state index in [0.29, 0.717) is 18.7 Å². The molecule has 0 atom stereocenters. The summed E-state index contributed by atoms with van der Waals surface area (Å²) >= 11 is 1.75. The molecule has 0 radical (unpaired) electrons. The highest BCUT2D eigenvalue weighted by Crippen LogP contribution is 2.25. The summed E-state index contributed by atoms with van der Waals surface area (Å²) in [5.74, 6) is 0.737. The molecule has 0 saturated carbocycles. The second kappa shape index (κ2) is 7.29. The molecule has 1 aromatic heterocycles. The lowest BCUT2D eigenvalue weighted by Crippen LogP contribution is -2.25. The van der Waals surface area contributed by atoms with Gasteiger partial charge in [0.25, 0.3) is 5.91 Å². The smallest absolute Gasteiger partial charge is 0.251 e. The van der Waals surface area contributed by atoms with E-state index in [9.17, 15) is 4.79 Å². The number of benzene rings is 2. The molecule has 2 aromatic carbocycles. The van der Waals surface area contributed by atoms with Crippen LogP contribution in [0.3, 0.4) is 0 Å². The van der Waals surface area contributed by atoms with Crippen LogP contribution in [0.25, 0.3) is 10.1 Å². The minimum absolute atomic E-state index is 0.0485. The molecule has 0 aliphatic heterocycles. The van der Waals surface area contributed by atoms with Crippen molar-refractivity contribution in [2.24, 2.45) is 0 Å². The predicted molar refractivity (Wildman–Crippen MR) is 95.5 cm³/mol. The first-order valence-corrected chi connectivity index (χ1v) is 8.62. The summed E-state index contributed by atoms with van der Waals surface area (Å²) in [5.41, 5.74) is 1.95. The molecule has 1 N–H and O–H groups in total. The molecular weight excluding hydrogens is 306 g/mol. The van der Waals surface area contributed by atoms with E-state index in [-0.39, 0.29) is 5.91 Å². The van der Waals surface area contributed by atoms with E-state index in [1.54, 1.807) is 23.5 Å². The summed E-state index contributed by atoms with van der Waals surface area (Å²) < 4.78 is 6.67. The van der Waals surface area contributed by atoms with Crippen LogP contribution in [0, 0.1) is 0 Å². The highest BCUT2D eigenvalue weighted by atomic mass is 32.1. The number of nitrogens with one attached hydrogen (secondary N) is 1. The van der Waals surface area contributed by atoms with Gasteiger partial charge in [-0.1, -0.05) is 18.2 Å². The Labute approximate surface area is 139 Å². The van der Waals surface area contributed by atoms with Crippen molar-refractivity contribution in [3.63, 3.8) is 0 Å². The Kier molecular flexibility index (Phi) is 4.93. The van der Waals surface area contributed by atoms with Crippen LogP contribution in [0.15, 0.2) is 53.9 Å². The van der Waals surface area contributed by atoms with Crippen LogP contribution < -0.4 is 10.1 Å². The van der Waals surface area contributed by atoms with Gasteiger partial charge in [0, 0.05) is 16.8 Å². The molecule has 0 bridgehead atoms. The molecule has 0 unspecified atom stereocenters. The Morgan fingerprint density at radius 1 is 1.13 bits per heavy atom. The minimum atomic E-state index is -0.0485. The Hall–Kier alpha value is -2.33. The molecule has 4 heteroatoms. The predicted octanol–water partition coefficient (Wildman–Crippen LogP) is 4.27. The van der Waals surface area contributed by atoms with E-state index in [0.717, 1.165) is 12.2 Å². The number of fused-ring (bicyclic) bond motifs is 1. The topological polar surface area (TPSA) is 38.3 Å².